The van der Waals surface area contributed by atoms with Crippen molar-refractivity contribution in [2.45, 2.75) is 0 Å². The maximum Gasteiger partial charge on any atom is 0.145 e. The molecular formula is C50H31N3. The summed E-state index contributed by atoms with van der Waals surface area (Å²) in [5, 5.41) is 17.0. The first kappa shape index (κ1) is 30.5. The smallest absolute Gasteiger partial charge is 0.145 e. The van der Waals surface area contributed by atoms with Gasteiger partial charge >= 0.3 is 0 Å². The minimum absolute atomic E-state index is 0.647. The van der Waals surface area contributed by atoms with Crippen LogP contribution in [0, 0.1) is 11.3 Å². The summed E-state index contributed by atoms with van der Waals surface area (Å²) in [5.41, 5.74) is 11.6. The summed E-state index contributed by atoms with van der Waals surface area (Å²) in [6.07, 6.45) is 0. The Morgan fingerprint density at radius 1 is 0.415 bits per heavy atom. The van der Waals surface area contributed by atoms with Gasteiger partial charge in [-0.1, -0.05) is 146 Å². The summed E-state index contributed by atoms with van der Waals surface area (Å²) in [6.45, 7) is 0. The van der Waals surface area contributed by atoms with Crippen molar-refractivity contribution in [3.05, 3.63) is 194 Å². The van der Waals surface area contributed by atoms with Gasteiger partial charge < -0.3 is 0 Å². The average Bonchev–Trinajstić information content (AvgIpc) is 3.62. The summed E-state index contributed by atoms with van der Waals surface area (Å²) in [6, 6.07) is 68.6. The van der Waals surface area contributed by atoms with Crippen molar-refractivity contribution < 1.29 is 0 Å². The highest BCUT2D eigenvalue weighted by molar-refractivity contribution is 6.22. The number of nitriles is 1. The normalized spacial score (nSPS) is 11.4. The van der Waals surface area contributed by atoms with E-state index in [9.17, 15) is 5.26 Å². The molecule has 10 rings (SSSR count). The number of para-hydroxylation sites is 1. The molecule has 1 heterocycles. The SMILES string of the molecule is N#Cc1ccc2c(-c3ccc4ccccc4c3)c3ccccc3c(-c3ccc(-c4ccc5c(c4)nc(-c4ccccc4)n5-c4ccccc4)cc3)c2c1. The van der Waals surface area contributed by atoms with Crippen LogP contribution >= 0.6 is 0 Å². The van der Waals surface area contributed by atoms with Crippen LogP contribution in [-0.2, 0) is 0 Å². The van der Waals surface area contributed by atoms with E-state index in [4.69, 9.17) is 4.98 Å². The summed E-state index contributed by atoms with van der Waals surface area (Å²) in [5.74, 6) is 0.918. The highest BCUT2D eigenvalue weighted by Gasteiger charge is 2.19. The third-order valence-electron chi connectivity index (χ3n) is 10.4. The molecule has 0 fully saturated rings. The number of aromatic nitrogens is 2. The van der Waals surface area contributed by atoms with Gasteiger partial charge in [-0.3, -0.25) is 4.57 Å². The molecule has 53 heavy (non-hydrogen) atoms. The van der Waals surface area contributed by atoms with Gasteiger partial charge in [0, 0.05) is 11.3 Å². The van der Waals surface area contributed by atoms with E-state index >= 15 is 0 Å². The minimum Gasteiger partial charge on any atom is -0.292 e. The molecule has 0 amide bonds. The molecule has 0 aliphatic rings. The molecule has 0 bridgehead atoms. The Morgan fingerprint density at radius 2 is 1.02 bits per heavy atom. The number of rotatable bonds is 5. The van der Waals surface area contributed by atoms with Crippen LogP contribution in [0.25, 0.3) is 93.8 Å². The first-order valence-corrected chi connectivity index (χ1v) is 17.9. The average molecular weight is 674 g/mol. The fourth-order valence-corrected chi connectivity index (χ4v) is 7.92. The van der Waals surface area contributed by atoms with Crippen molar-refractivity contribution in [2.75, 3.05) is 0 Å². The van der Waals surface area contributed by atoms with Crippen LogP contribution in [0.15, 0.2) is 188 Å². The molecule has 3 heteroatoms. The van der Waals surface area contributed by atoms with Gasteiger partial charge in [0.25, 0.3) is 0 Å². The molecule has 0 saturated carbocycles. The molecule has 9 aromatic carbocycles. The minimum atomic E-state index is 0.647. The van der Waals surface area contributed by atoms with E-state index in [1.807, 2.05) is 18.2 Å². The van der Waals surface area contributed by atoms with E-state index in [1.54, 1.807) is 0 Å². The van der Waals surface area contributed by atoms with Crippen molar-refractivity contribution in [2.24, 2.45) is 0 Å². The van der Waals surface area contributed by atoms with E-state index < -0.39 is 0 Å². The molecule has 0 atom stereocenters. The van der Waals surface area contributed by atoms with Gasteiger partial charge in [-0.2, -0.15) is 5.26 Å². The molecule has 0 saturated heterocycles. The molecule has 10 aromatic rings. The number of fused-ring (bicyclic) bond motifs is 4. The molecule has 0 spiro atoms. The Kier molecular flexibility index (Phi) is 7.20. The predicted molar refractivity (Wildman–Crippen MR) is 220 cm³/mol. The van der Waals surface area contributed by atoms with Gasteiger partial charge in [0.2, 0.25) is 0 Å². The molecule has 0 radical (unpaired) electrons. The lowest BCUT2D eigenvalue weighted by molar-refractivity contribution is 1.10. The topological polar surface area (TPSA) is 41.6 Å². The maximum absolute atomic E-state index is 10.0. The summed E-state index contributed by atoms with van der Waals surface area (Å²) in [7, 11) is 0. The highest BCUT2D eigenvalue weighted by atomic mass is 15.1. The summed E-state index contributed by atoms with van der Waals surface area (Å²) < 4.78 is 2.24. The lowest BCUT2D eigenvalue weighted by Crippen LogP contribution is -1.97. The van der Waals surface area contributed by atoms with Gasteiger partial charge in [-0.05, 0) is 108 Å². The first-order valence-electron chi connectivity index (χ1n) is 17.9. The lowest BCUT2D eigenvalue weighted by atomic mass is 9.85. The summed E-state index contributed by atoms with van der Waals surface area (Å²) in [4.78, 5) is 5.18. The molecule has 0 N–H and O–H groups in total. The maximum atomic E-state index is 10.0. The van der Waals surface area contributed by atoms with Gasteiger partial charge in [-0.25, -0.2) is 4.98 Å². The molecule has 0 unspecified atom stereocenters. The Bertz CT molecular complexity index is 3040. The Balaban J connectivity index is 1.12. The summed E-state index contributed by atoms with van der Waals surface area (Å²) >= 11 is 0. The second kappa shape index (κ2) is 12.5. The number of hydrogen-bond acceptors (Lipinski definition) is 2. The Hall–Kier alpha value is -7.28. The standard InChI is InChI=1S/C50H31N3/c51-32-33-19-27-44-45(29-33)48(42-17-9-10-18-43(42)49(44)40-25-22-34-11-7-8-14-38(34)30-40)36-23-20-35(21-24-36)39-26-28-47-46(31-39)52-50(37-12-3-1-4-13-37)53(47)41-15-5-2-6-16-41/h1-31H. The van der Waals surface area contributed by atoms with E-state index in [1.165, 1.54) is 21.7 Å². The van der Waals surface area contributed by atoms with Crippen LogP contribution in [0.3, 0.4) is 0 Å². The van der Waals surface area contributed by atoms with Crippen molar-refractivity contribution in [3.63, 3.8) is 0 Å². The second-order valence-electron chi connectivity index (χ2n) is 13.5. The van der Waals surface area contributed by atoms with Crippen molar-refractivity contribution in [1.82, 2.24) is 9.55 Å². The molecule has 1 aromatic heterocycles. The van der Waals surface area contributed by atoms with Crippen LogP contribution in [0.4, 0.5) is 0 Å². The largest absolute Gasteiger partial charge is 0.292 e. The lowest BCUT2D eigenvalue weighted by Gasteiger charge is -2.18. The van der Waals surface area contributed by atoms with E-state index in [-0.39, 0.29) is 0 Å². The number of hydrogen-bond donors (Lipinski definition) is 0. The molecule has 3 nitrogen and oxygen atoms in total. The second-order valence-corrected chi connectivity index (χ2v) is 13.5. The molecule has 246 valence electrons. The van der Waals surface area contributed by atoms with Crippen LogP contribution < -0.4 is 0 Å². The van der Waals surface area contributed by atoms with Gasteiger partial charge in [0.05, 0.1) is 22.7 Å². The van der Waals surface area contributed by atoms with Crippen LogP contribution in [0.5, 0.6) is 0 Å². The highest BCUT2D eigenvalue weighted by Crippen LogP contribution is 2.45. The third-order valence-corrected chi connectivity index (χ3v) is 10.4. The van der Waals surface area contributed by atoms with Gasteiger partial charge in [0.15, 0.2) is 0 Å². The fraction of sp³-hybridized carbons (Fsp3) is 0. The number of nitrogens with zero attached hydrogens (tertiary/aromatic N) is 3. The van der Waals surface area contributed by atoms with E-state index in [2.05, 4.69) is 180 Å². The van der Waals surface area contributed by atoms with Crippen molar-refractivity contribution in [1.29, 1.82) is 5.26 Å². The van der Waals surface area contributed by atoms with Crippen molar-refractivity contribution in [3.8, 4) is 56.5 Å². The third kappa shape index (κ3) is 5.16. The van der Waals surface area contributed by atoms with Crippen LogP contribution in [0.1, 0.15) is 5.56 Å². The molecule has 0 aliphatic heterocycles. The van der Waals surface area contributed by atoms with Crippen LogP contribution in [0.2, 0.25) is 0 Å². The zero-order valence-electron chi connectivity index (χ0n) is 28.7. The van der Waals surface area contributed by atoms with Gasteiger partial charge in [0.1, 0.15) is 5.82 Å². The molecular weight excluding hydrogens is 643 g/mol. The quantitative estimate of drug-likeness (QED) is 0.171. The van der Waals surface area contributed by atoms with Gasteiger partial charge in [-0.15, -0.1) is 0 Å². The monoisotopic (exact) mass is 673 g/mol. The Labute approximate surface area is 307 Å². The zero-order valence-corrected chi connectivity index (χ0v) is 28.7. The number of benzene rings is 9. The zero-order chi connectivity index (χ0) is 35.3. The van der Waals surface area contributed by atoms with E-state index in [0.717, 1.165) is 72.1 Å². The number of imidazole rings is 1. The Morgan fingerprint density at radius 3 is 1.77 bits per heavy atom. The predicted octanol–water partition coefficient (Wildman–Crippen LogP) is 13.0. The molecule has 0 aliphatic carbocycles. The van der Waals surface area contributed by atoms with Crippen molar-refractivity contribution >= 4 is 43.4 Å². The fourth-order valence-electron chi connectivity index (χ4n) is 7.92. The van der Waals surface area contributed by atoms with E-state index in [0.29, 0.717) is 5.56 Å². The first-order chi connectivity index (χ1) is 26.2. The van der Waals surface area contributed by atoms with Crippen LogP contribution in [-0.4, -0.2) is 9.55 Å².